The molecule has 0 saturated heterocycles. The highest BCUT2D eigenvalue weighted by Gasteiger charge is 2.58. The van der Waals surface area contributed by atoms with Crippen LogP contribution in [0.5, 0.6) is 0 Å². The van der Waals surface area contributed by atoms with E-state index >= 15 is 0 Å². The molecule has 0 radical (unpaired) electrons. The second-order valence-electron chi connectivity index (χ2n) is 22.9. The van der Waals surface area contributed by atoms with Crippen molar-refractivity contribution in [2.75, 3.05) is 14.7 Å². The number of nitrogens with zero attached hydrogens (tertiary/aromatic N) is 3. The number of rotatable bonds is 4. The number of benzene rings is 9. The molecule has 73 heavy (non-hydrogen) atoms. The Balaban J connectivity index is 1.02. The van der Waals surface area contributed by atoms with Crippen LogP contribution in [0.1, 0.15) is 77.0 Å². The monoisotopic (exact) mass is 977 g/mol. The van der Waals surface area contributed by atoms with Crippen LogP contribution in [0.4, 0.5) is 45.5 Å². The predicted octanol–water partition coefficient (Wildman–Crippen LogP) is 17.5. The number of anilines is 8. The minimum absolute atomic E-state index is 0.0122. The van der Waals surface area contributed by atoms with Gasteiger partial charge in [-0.15, -0.1) is 22.7 Å². The predicted molar refractivity (Wildman–Crippen MR) is 318 cm³/mol. The third-order valence-electron chi connectivity index (χ3n) is 17.8. The molecule has 0 amide bonds. The van der Waals surface area contributed by atoms with Gasteiger partial charge in [-0.3, -0.25) is 0 Å². The molecular weight excluding hydrogens is 922 g/mol. The lowest BCUT2D eigenvalue weighted by Gasteiger charge is -2.50. The Morgan fingerprint density at radius 1 is 0.479 bits per heavy atom. The Hall–Kier alpha value is -7.12. The number of aryl methyl sites for hydroxylation is 1. The van der Waals surface area contributed by atoms with Gasteiger partial charge in [0.05, 0.1) is 11.2 Å². The minimum atomic E-state index is -0.0907. The summed E-state index contributed by atoms with van der Waals surface area (Å²) in [4.78, 5) is 8.07. The molecule has 5 heterocycles. The van der Waals surface area contributed by atoms with Crippen molar-refractivity contribution in [3.05, 3.63) is 199 Å². The average Bonchev–Trinajstić information content (AvgIpc) is 4.05. The summed E-state index contributed by atoms with van der Waals surface area (Å²) in [5.74, 6) is 0. The van der Waals surface area contributed by atoms with Crippen LogP contribution in [0.25, 0.3) is 51.5 Å². The number of thiophene rings is 2. The molecule has 2 atom stereocenters. The standard InChI is InChI=1S/C67H56BN3S2/c1-41-35-57-64-58(36-41)70(54-21-16-24-62-63(54)48-20-11-13-23-60(48)73-62)55-37-43(42-17-8-7-9-18-42)25-29-51(55)68(64)52-30-27-46(40-56(52)69(57)45-28-32-61-49(39-45)47-19-10-12-22-59(47)72-61)71-53-31-26-44(65(2,3)4)38-50(53)66(5)33-14-15-34-67(66,71)6/h7-13,16-32,35-40H,14-15,33-34H2,1-6H3. The summed E-state index contributed by atoms with van der Waals surface area (Å²) >= 11 is 3.78. The molecule has 3 aliphatic heterocycles. The van der Waals surface area contributed by atoms with Crippen molar-refractivity contribution in [1.29, 1.82) is 0 Å². The average molecular weight is 978 g/mol. The third-order valence-corrected chi connectivity index (χ3v) is 20.1. The van der Waals surface area contributed by atoms with Crippen LogP contribution in [0.3, 0.4) is 0 Å². The molecule has 1 fully saturated rings. The van der Waals surface area contributed by atoms with E-state index in [0.717, 1.165) is 6.42 Å². The number of fused-ring (bicyclic) bond motifs is 13. The molecule has 0 spiro atoms. The fourth-order valence-electron chi connectivity index (χ4n) is 14.0. The molecule has 3 nitrogen and oxygen atoms in total. The Morgan fingerprint density at radius 2 is 1.14 bits per heavy atom. The number of hydrogen-bond donors (Lipinski definition) is 0. The van der Waals surface area contributed by atoms with E-state index in [1.807, 2.05) is 22.7 Å². The summed E-state index contributed by atoms with van der Waals surface area (Å²) in [7, 11) is 0. The van der Waals surface area contributed by atoms with E-state index in [9.17, 15) is 0 Å². The van der Waals surface area contributed by atoms with Gasteiger partial charge in [-0.1, -0.05) is 144 Å². The van der Waals surface area contributed by atoms with Crippen LogP contribution in [-0.4, -0.2) is 12.3 Å². The Kier molecular flexibility index (Phi) is 9.20. The summed E-state index contributed by atoms with van der Waals surface area (Å²) in [6, 6.07) is 70.4. The van der Waals surface area contributed by atoms with Crippen LogP contribution in [-0.2, 0) is 10.8 Å². The number of hydrogen-bond acceptors (Lipinski definition) is 5. The first kappa shape index (κ1) is 43.5. The lowest BCUT2D eigenvalue weighted by molar-refractivity contribution is 0.195. The van der Waals surface area contributed by atoms with Gasteiger partial charge in [0.25, 0.3) is 6.71 Å². The molecule has 0 bridgehead atoms. The van der Waals surface area contributed by atoms with Crippen LogP contribution in [0.15, 0.2) is 182 Å². The van der Waals surface area contributed by atoms with E-state index in [0.29, 0.717) is 0 Å². The van der Waals surface area contributed by atoms with Crippen molar-refractivity contribution >= 4 is 132 Å². The fraction of sp³-hybridized carbons (Fsp3) is 0.194. The molecule has 1 aliphatic carbocycles. The first-order valence-corrected chi connectivity index (χ1v) is 28.0. The zero-order valence-corrected chi connectivity index (χ0v) is 44.0. The first-order valence-electron chi connectivity index (χ1n) is 26.3. The minimum Gasteiger partial charge on any atom is -0.334 e. The van der Waals surface area contributed by atoms with Gasteiger partial charge in [-0.25, -0.2) is 0 Å². The fourth-order valence-corrected chi connectivity index (χ4v) is 16.2. The second-order valence-corrected chi connectivity index (χ2v) is 25.0. The molecular formula is C67H56BN3S2. The van der Waals surface area contributed by atoms with Crippen molar-refractivity contribution in [2.24, 2.45) is 0 Å². The lowest BCUT2D eigenvalue weighted by Crippen LogP contribution is -2.61. The summed E-state index contributed by atoms with van der Waals surface area (Å²) in [5.41, 5.74) is 20.7. The zero-order valence-electron chi connectivity index (χ0n) is 42.4. The van der Waals surface area contributed by atoms with Gasteiger partial charge in [-0.05, 0) is 155 Å². The van der Waals surface area contributed by atoms with Gasteiger partial charge in [0, 0.05) is 85.6 Å². The highest BCUT2D eigenvalue weighted by molar-refractivity contribution is 7.26. The lowest BCUT2D eigenvalue weighted by atomic mass is 9.33. The van der Waals surface area contributed by atoms with E-state index in [1.165, 1.54) is 149 Å². The molecule has 2 aromatic heterocycles. The van der Waals surface area contributed by atoms with Crippen molar-refractivity contribution < 1.29 is 0 Å². The SMILES string of the molecule is Cc1cc2c3c(c1)N(c1cccc4sc5ccccc5c14)c1cc(-c4ccccc4)ccc1B3c1ccc(N3c4ccc(C(C)(C)C)cc4C4(C)CCCCC34C)cc1N2c1ccc2sc3ccccc3c2c1. The normalized spacial score (nSPS) is 18.9. The summed E-state index contributed by atoms with van der Waals surface area (Å²) < 4.78 is 5.26. The van der Waals surface area contributed by atoms with E-state index in [4.69, 9.17) is 0 Å². The van der Waals surface area contributed by atoms with Gasteiger partial charge >= 0.3 is 0 Å². The van der Waals surface area contributed by atoms with Gasteiger partial charge in [0.2, 0.25) is 0 Å². The summed E-state index contributed by atoms with van der Waals surface area (Å²) in [5, 5.41) is 5.24. The Bertz CT molecular complexity index is 4120. The molecule has 11 aromatic rings. The van der Waals surface area contributed by atoms with Gasteiger partial charge in [0.15, 0.2) is 0 Å². The van der Waals surface area contributed by atoms with Crippen molar-refractivity contribution in [2.45, 2.75) is 83.6 Å². The molecule has 1 saturated carbocycles. The maximum absolute atomic E-state index is 2.79. The molecule has 4 aliphatic rings. The van der Waals surface area contributed by atoms with Crippen molar-refractivity contribution in [3.63, 3.8) is 0 Å². The molecule has 9 aromatic carbocycles. The molecule has 354 valence electrons. The maximum Gasteiger partial charge on any atom is 0.252 e. The van der Waals surface area contributed by atoms with E-state index in [2.05, 4.69) is 238 Å². The van der Waals surface area contributed by atoms with Crippen LogP contribution in [0.2, 0.25) is 0 Å². The van der Waals surface area contributed by atoms with E-state index in [1.54, 1.807) is 0 Å². The highest BCUT2D eigenvalue weighted by Crippen LogP contribution is 2.62. The van der Waals surface area contributed by atoms with Crippen molar-refractivity contribution in [3.8, 4) is 11.1 Å². The summed E-state index contributed by atoms with van der Waals surface area (Å²) in [6.07, 6.45) is 4.84. The van der Waals surface area contributed by atoms with Gasteiger partial charge in [0.1, 0.15) is 0 Å². The maximum atomic E-state index is 2.79. The highest BCUT2D eigenvalue weighted by atomic mass is 32.1. The largest absolute Gasteiger partial charge is 0.334 e. The van der Waals surface area contributed by atoms with Gasteiger partial charge < -0.3 is 14.7 Å². The Morgan fingerprint density at radius 3 is 1.95 bits per heavy atom. The molecule has 0 N–H and O–H groups in total. The van der Waals surface area contributed by atoms with Crippen molar-refractivity contribution in [1.82, 2.24) is 0 Å². The first-order chi connectivity index (χ1) is 35.5. The smallest absolute Gasteiger partial charge is 0.252 e. The molecule has 15 rings (SSSR count). The molecule has 2 unspecified atom stereocenters. The van der Waals surface area contributed by atoms with Gasteiger partial charge in [-0.2, -0.15) is 0 Å². The van der Waals surface area contributed by atoms with Crippen LogP contribution in [0, 0.1) is 6.92 Å². The van der Waals surface area contributed by atoms with E-state index < -0.39 is 0 Å². The quantitative estimate of drug-likeness (QED) is 0.163. The topological polar surface area (TPSA) is 9.72 Å². The third kappa shape index (κ3) is 6.11. The molecule has 6 heteroatoms. The Labute approximate surface area is 437 Å². The van der Waals surface area contributed by atoms with Crippen LogP contribution < -0.4 is 31.1 Å². The van der Waals surface area contributed by atoms with Crippen LogP contribution >= 0.6 is 22.7 Å². The zero-order chi connectivity index (χ0) is 49.1. The summed E-state index contributed by atoms with van der Waals surface area (Å²) in [6.45, 7) is 14.5. The van der Waals surface area contributed by atoms with E-state index in [-0.39, 0.29) is 23.1 Å². The second kappa shape index (κ2) is 15.5.